The normalized spacial score (nSPS) is 15.1. The molecule has 3 rings (SSSR count). The van der Waals surface area contributed by atoms with Gasteiger partial charge < -0.3 is 11.1 Å². The lowest BCUT2D eigenvalue weighted by Gasteiger charge is -2.15. The predicted molar refractivity (Wildman–Crippen MR) is 85.8 cm³/mol. The first-order valence-electron chi connectivity index (χ1n) is 7.69. The number of benzene rings is 1. The van der Waals surface area contributed by atoms with E-state index in [1.807, 2.05) is 0 Å². The Hall–Kier alpha value is -2.81. The van der Waals surface area contributed by atoms with Crippen LogP contribution in [-0.4, -0.2) is 38.4 Å². The van der Waals surface area contributed by atoms with Gasteiger partial charge in [-0.25, -0.2) is 4.68 Å². The van der Waals surface area contributed by atoms with E-state index in [9.17, 15) is 14.9 Å². The van der Waals surface area contributed by atoms with E-state index < -0.39 is 4.92 Å². The number of nitro groups is 1. The van der Waals surface area contributed by atoms with Crippen molar-refractivity contribution >= 4 is 11.6 Å². The van der Waals surface area contributed by atoms with E-state index in [2.05, 4.69) is 15.6 Å². The lowest BCUT2D eigenvalue weighted by molar-refractivity contribution is -0.384. The molecule has 126 valence electrons. The summed E-state index contributed by atoms with van der Waals surface area (Å²) < 4.78 is 1.41. The van der Waals surface area contributed by atoms with Gasteiger partial charge in [-0.3, -0.25) is 14.9 Å². The van der Waals surface area contributed by atoms with Crippen LogP contribution in [0.5, 0.6) is 0 Å². The van der Waals surface area contributed by atoms with Gasteiger partial charge in [-0.15, -0.1) is 5.10 Å². The number of non-ortho nitro benzene ring substituents is 1. The summed E-state index contributed by atoms with van der Waals surface area (Å²) in [5.74, 6) is 0.109. The Kier molecular flexibility index (Phi) is 4.26. The minimum Gasteiger partial charge on any atom is -0.346 e. The summed E-state index contributed by atoms with van der Waals surface area (Å²) in [5.41, 5.74) is 6.84. The van der Waals surface area contributed by atoms with Crippen LogP contribution in [0.4, 0.5) is 5.69 Å². The van der Waals surface area contributed by atoms with Crippen molar-refractivity contribution in [2.75, 3.05) is 6.54 Å². The lowest BCUT2D eigenvalue weighted by Crippen LogP contribution is -2.42. The molecular formula is C15H18N6O3. The Labute approximate surface area is 138 Å². The Balaban J connectivity index is 1.84. The maximum atomic E-state index is 12.4. The number of aromatic nitrogens is 3. The second-order valence-electron chi connectivity index (χ2n) is 5.87. The highest BCUT2D eigenvalue weighted by Gasteiger charge is 2.32. The van der Waals surface area contributed by atoms with E-state index in [1.165, 1.54) is 16.8 Å². The summed E-state index contributed by atoms with van der Waals surface area (Å²) in [7, 11) is 0. The van der Waals surface area contributed by atoms with Crippen LogP contribution in [0.1, 0.15) is 29.0 Å². The first-order chi connectivity index (χ1) is 11.5. The van der Waals surface area contributed by atoms with Crippen molar-refractivity contribution in [3.05, 3.63) is 45.8 Å². The molecule has 24 heavy (non-hydrogen) atoms. The second-order valence-corrected chi connectivity index (χ2v) is 5.87. The van der Waals surface area contributed by atoms with Gasteiger partial charge in [-0.2, -0.15) is 0 Å². The molecule has 3 N–H and O–H groups in total. The summed E-state index contributed by atoms with van der Waals surface area (Å²) in [5, 5.41) is 21.7. The fourth-order valence-corrected chi connectivity index (χ4v) is 2.63. The topological polar surface area (TPSA) is 129 Å². The van der Waals surface area contributed by atoms with Crippen molar-refractivity contribution in [3.63, 3.8) is 0 Å². The van der Waals surface area contributed by atoms with Crippen LogP contribution in [0.15, 0.2) is 24.3 Å². The molecule has 1 aromatic carbocycles. The van der Waals surface area contributed by atoms with Crippen LogP contribution in [0.25, 0.3) is 5.69 Å². The van der Waals surface area contributed by atoms with Gasteiger partial charge >= 0.3 is 0 Å². The molecular weight excluding hydrogens is 312 g/mol. The minimum absolute atomic E-state index is 0.0506. The van der Waals surface area contributed by atoms with Gasteiger partial charge in [-0.1, -0.05) is 11.3 Å². The number of rotatable bonds is 6. The molecule has 1 aliphatic rings. The van der Waals surface area contributed by atoms with Crippen LogP contribution in [0, 0.1) is 23.0 Å². The van der Waals surface area contributed by atoms with Gasteiger partial charge in [0.15, 0.2) is 5.69 Å². The fraction of sp³-hybridized carbons (Fsp3) is 0.400. The zero-order valence-corrected chi connectivity index (χ0v) is 13.2. The molecule has 0 aliphatic heterocycles. The van der Waals surface area contributed by atoms with Crippen molar-refractivity contribution in [1.29, 1.82) is 0 Å². The molecule has 1 saturated carbocycles. The average molecular weight is 330 g/mol. The Morgan fingerprint density at radius 2 is 2.29 bits per heavy atom. The highest BCUT2D eigenvalue weighted by Crippen LogP contribution is 2.32. The van der Waals surface area contributed by atoms with Crippen molar-refractivity contribution < 1.29 is 9.72 Å². The molecule has 2 aromatic rings. The molecule has 9 nitrogen and oxygen atoms in total. The molecule has 0 radical (unpaired) electrons. The molecule has 9 heteroatoms. The third kappa shape index (κ3) is 3.11. The van der Waals surface area contributed by atoms with Crippen LogP contribution < -0.4 is 11.1 Å². The third-order valence-corrected chi connectivity index (χ3v) is 4.16. The van der Waals surface area contributed by atoms with E-state index in [4.69, 9.17) is 5.73 Å². The minimum atomic E-state index is -0.481. The van der Waals surface area contributed by atoms with Gasteiger partial charge in [0, 0.05) is 24.7 Å². The second kappa shape index (κ2) is 6.36. The largest absolute Gasteiger partial charge is 0.346 e. The summed E-state index contributed by atoms with van der Waals surface area (Å²) in [4.78, 5) is 22.8. The number of nitrogens with zero attached hydrogens (tertiary/aromatic N) is 4. The van der Waals surface area contributed by atoms with Gasteiger partial charge in [0.2, 0.25) is 0 Å². The van der Waals surface area contributed by atoms with Crippen molar-refractivity contribution in [1.82, 2.24) is 20.3 Å². The van der Waals surface area contributed by atoms with Gasteiger partial charge in [0.05, 0.1) is 16.3 Å². The van der Waals surface area contributed by atoms with Gasteiger partial charge in [-0.05, 0) is 31.7 Å². The molecule has 0 bridgehead atoms. The number of amides is 1. The Morgan fingerprint density at radius 1 is 1.54 bits per heavy atom. The molecule has 1 aliphatic carbocycles. The number of hydrogen-bond acceptors (Lipinski definition) is 6. The lowest BCUT2D eigenvalue weighted by atomic mass is 10.2. The van der Waals surface area contributed by atoms with Crippen LogP contribution in [0.2, 0.25) is 0 Å². The smallest absolute Gasteiger partial charge is 0.274 e. The zero-order valence-electron chi connectivity index (χ0n) is 13.2. The molecule has 1 unspecified atom stereocenters. The number of nitrogens with two attached hydrogens (primary N) is 1. The highest BCUT2D eigenvalue weighted by molar-refractivity contribution is 5.93. The van der Waals surface area contributed by atoms with Crippen LogP contribution in [-0.2, 0) is 0 Å². The van der Waals surface area contributed by atoms with Crippen LogP contribution in [0.3, 0.4) is 0 Å². The van der Waals surface area contributed by atoms with Crippen molar-refractivity contribution in [3.8, 4) is 5.69 Å². The SMILES string of the molecule is Cc1c(C(=O)NC(CN)C2CC2)nnn1-c1cccc([N+](=O)[O-])c1. The van der Waals surface area contributed by atoms with Crippen molar-refractivity contribution in [2.45, 2.75) is 25.8 Å². The predicted octanol–water partition coefficient (Wildman–Crippen LogP) is 0.951. The first kappa shape index (κ1) is 16.1. The highest BCUT2D eigenvalue weighted by atomic mass is 16.6. The molecule has 0 saturated heterocycles. The maximum absolute atomic E-state index is 12.4. The van der Waals surface area contributed by atoms with E-state index in [-0.39, 0.29) is 23.3 Å². The summed E-state index contributed by atoms with van der Waals surface area (Å²) >= 11 is 0. The van der Waals surface area contributed by atoms with Gasteiger partial charge in [0.25, 0.3) is 11.6 Å². The zero-order chi connectivity index (χ0) is 17.3. The number of hydrogen-bond donors (Lipinski definition) is 2. The Morgan fingerprint density at radius 3 is 2.92 bits per heavy atom. The number of nitro benzene ring substituents is 1. The third-order valence-electron chi connectivity index (χ3n) is 4.16. The molecule has 1 aromatic heterocycles. The van der Waals surface area contributed by atoms with Crippen LogP contribution >= 0.6 is 0 Å². The quantitative estimate of drug-likeness (QED) is 0.599. The maximum Gasteiger partial charge on any atom is 0.274 e. The number of carbonyl (C=O) groups excluding carboxylic acids is 1. The first-order valence-corrected chi connectivity index (χ1v) is 7.69. The molecule has 1 heterocycles. The summed E-state index contributed by atoms with van der Waals surface area (Å²) in [6.07, 6.45) is 2.14. The molecule has 1 atom stereocenters. The average Bonchev–Trinajstić information content (AvgIpc) is 3.34. The van der Waals surface area contributed by atoms with E-state index >= 15 is 0 Å². The van der Waals surface area contributed by atoms with E-state index in [0.717, 1.165) is 12.8 Å². The van der Waals surface area contributed by atoms with E-state index in [0.29, 0.717) is 23.8 Å². The fourth-order valence-electron chi connectivity index (χ4n) is 2.63. The van der Waals surface area contributed by atoms with E-state index in [1.54, 1.807) is 19.1 Å². The summed E-state index contributed by atoms with van der Waals surface area (Å²) in [6, 6.07) is 5.95. The standard InChI is InChI=1S/C15H18N6O3/c1-9-14(15(22)17-13(8-16)10-5-6-10)18-19-20(9)11-3-2-4-12(7-11)21(23)24/h2-4,7,10,13H,5-6,8,16H2,1H3,(H,17,22). The van der Waals surface area contributed by atoms with Crippen molar-refractivity contribution in [2.24, 2.45) is 11.7 Å². The van der Waals surface area contributed by atoms with Gasteiger partial charge in [0.1, 0.15) is 0 Å². The molecule has 1 amide bonds. The molecule has 0 spiro atoms. The Bertz CT molecular complexity index is 783. The summed E-state index contributed by atoms with van der Waals surface area (Å²) in [6.45, 7) is 2.08. The molecule has 1 fully saturated rings. The monoisotopic (exact) mass is 330 g/mol. The number of nitrogens with one attached hydrogen (secondary N) is 1. The number of carbonyl (C=O) groups is 1.